The molecule has 0 amide bonds. The van der Waals surface area contributed by atoms with Crippen molar-refractivity contribution in [1.29, 1.82) is 0 Å². The summed E-state index contributed by atoms with van der Waals surface area (Å²) in [6.07, 6.45) is 3.06. The zero-order chi connectivity index (χ0) is 15.0. The number of aryl methyl sites for hydroxylation is 2. The summed E-state index contributed by atoms with van der Waals surface area (Å²) in [6.45, 7) is 3.76. The van der Waals surface area contributed by atoms with Gasteiger partial charge < -0.3 is 10.0 Å². The van der Waals surface area contributed by atoms with Crippen molar-refractivity contribution in [2.24, 2.45) is 0 Å². The van der Waals surface area contributed by atoms with Crippen molar-refractivity contribution in [3.63, 3.8) is 0 Å². The summed E-state index contributed by atoms with van der Waals surface area (Å²) in [5, 5.41) is 15.4. The second-order valence-corrected chi connectivity index (χ2v) is 5.92. The molecule has 2 aromatic rings. The van der Waals surface area contributed by atoms with Crippen molar-refractivity contribution in [3.05, 3.63) is 46.2 Å². The van der Waals surface area contributed by atoms with Crippen molar-refractivity contribution >= 4 is 17.3 Å². The number of rotatable bonds is 3. The number of aromatic nitrogens is 2. The average Bonchev–Trinajstić information content (AvgIpc) is 2.87. The molecule has 0 fully saturated rings. The van der Waals surface area contributed by atoms with Crippen LogP contribution in [0.4, 0.5) is 5.69 Å². The number of hydrogen-bond donors (Lipinski definition) is 1. The lowest BCUT2D eigenvalue weighted by molar-refractivity contribution is 0.208. The minimum atomic E-state index is -0.738. The lowest BCUT2D eigenvalue weighted by atomic mass is 9.96. The van der Waals surface area contributed by atoms with Gasteiger partial charge in [-0.3, -0.25) is 4.68 Å². The Kier molecular flexibility index (Phi) is 3.91. The molecule has 0 radical (unpaired) electrons. The molecular weight excluding hydrogens is 286 g/mol. The van der Waals surface area contributed by atoms with Gasteiger partial charge in [0.1, 0.15) is 6.10 Å². The van der Waals surface area contributed by atoms with Gasteiger partial charge in [0.05, 0.1) is 16.9 Å². The van der Waals surface area contributed by atoms with Crippen molar-refractivity contribution in [2.75, 3.05) is 18.5 Å². The van der Waals surface area contributed by atoms with Crippen molar-refractivity contribution in [3.8, 4) is 0 Å². The van der Waals surface area contributed by atoms with E-state index in [1.54, 1.807) is 10.9 Å². The first-order valence-electron chi connectivity index (χ1n) is 7.35. The van der Waals surface area contributed by atoms with E-state index in [4.69, 9.17) is 11.6 Å². The van der Waals surface area contributed by atoms with Crippen LogP contribution in [0.5, 0.6) is 0 Å². The monoisotopic (exact) mass is 305 g/mol. The van der Waals surface area contributed by atoms with Gasteiger partial charge in [0, 0.05) is 25.8 Å². The third kappa shape index (κ3) is 2.54. The first kappa shape index (κ1) is 14.4. The van der Waals surface area contributed by atoms with Gasteiger partial charge in [-0.15, -0.1) is 0 Å². The number of hydrogen-bond acceptors (Lipinski definition) is 3. The number of aliphatic hydroxyl groups excluding tert-OH is 1. The van der Waals surface area contributed by atoms with Crippen LogP contribution in [0.25, 0.3) is 0 Å². The number of benzene rings is 1. The Bertz CT molecular complexity index is 653. The summed E-state index contributed by atoms with van der Waals surface area (Å²) in [7, 11) is 2.11. The van der Waals surface area contributed by atoms with Gasteiger partial charge in [0.2, 0.25) is 0 Å². The number of nitrogens with zero attached hydrogens (tertiary/aromatic N) is 3. The van der Waals surface area contributed by atoms with Crippen molar-refractivity contribution < 1.29 is 5.11 Å². The summed E-state index contributed by atoms with van der Waals surface area (Å²) >= 11 is 6.18. The molecule has 1 aliphatic rings. The van der Waals surface area contributed by atoms with E-state index < -0.39 is 6.10 Å². The molecule has 0 saturated carbocycles. The molecule has 1 atom stereocenters. The minimum absolute atomic E-state index is 0.513. The van der Waals surface area contributed by atoms with Gasteiger partial charge in [0.15, 0.2) is 0 Å². The van der Waals surface area contributed by atoms with E-state index in [1.807, 2.05) is 13.0 Å². The Balaban J connectivity index is 1.98. The Hall–Kier alpha value is -1.52. The first-order chi connectivity index (χ1) is 10.1. The van der Waals surface area contributed by atoms with Gasteiger partial charge in [-0.25, -0.2) is 0 Å². The van der Waals surface area contributed by atoms with Gasteiger partial charge >= 0.3 is 0 Å². The Labute approximate surface area is 130 Å². The second kappa shape index (κ2) is 5.70. The quantitative estimate of drug-likeness (QED) is 0.947. The van der Waals surface area contributed by atoms with E-state index >= 15 is 0 Å². The molecule has 0 bridgehead atoms. The van der Waals surface area contributed by atoms with E-state index in [0.29, 0.717) is 17.3 Å². The van der Waals surface area contributed by atoms with Crippen LogP contribution in [0.2, 0.25) is 5.02 Å². The highest BCUT2D eigenvalue weighted by molar-refractivity contribution is 6.31. The van der Waals surface area contributed by atoms with Gasteiger partial charge in [-0.2, -0.15) is 5.10 Å². The fourth-order valence-corrected chi connectivity index (χ4v) is 3.27. The third-order valence-corrected chi connectivity index (χ3v) is 4.45. The number of anilines is 1. The zero-order valence-corrected chi connectivity index (χ0v) is 13.1. The van der Waals surface area contributed by atoms with Crippen molar-refractivity contribution in [1.82, 2.24) is 9.78 Å². The van der Waals surface area contributed by atoms with Crippen molar-refractivity contribution in [2.45, 2.75) is 32.4 Å². The zero-order valence-electron chi connectivity index (χ0n) is 12.4. The molecular formula is C16H20ClN3O. The summed E-state index contributed by atoms with van der Waals surface area (Å²) in [5.74, 6) is 0. The molecule has 0 aliphatic carbocycles. The van der Waals surface area contributed by atoms with E-state index in [1.165, 1.54) is 11.3 Å². The Morgan fingerprint density at radius 2 is 2.24 bits per heavy atom. The molecule has 21 heavy (non-hydrogen) atoms. The average molecular weight is 306 g/mol. The van der Waals surface area contributed by atoms with Crippen LogP contribution in [0, 0.1) is 0 Å². The lowest BCUT2D eigenvalue weighted by Crippen LogP contribution is -2.24. The van der Waals surface area contributed by atoms with Gasteiger partial charge in [-0.05, 0) is 37.0 Å². The molecule has 1 aromatic heterocycles. The maximum Gasteiger partial charge on any atom is 0.122 e. The van der Waals surface area contributed by atoms with Crippen LogP contribution in [0.15, 0.2) is 24.4 Å². The highest BCUT2D eigenvalue weighted by Crippen LogP contribution is 2.33. The maximum absolute atomic E-state index is 10.7. The van der Waals surface area contributed by atoms with E-state index in [9.17, 15) is 5.11 Å². The lowest BCUT2D eigenvalue weighted by Gasteiger charge is -2.28. The number of aliphatic hydroxyl groups is 1. The molecule has 5 heteroatoms. The molecule has 0 spiro atoms. The number of fused-ring (bicyclic) bond motifs is 1. The third-order valence-electron chi connectivity index (χ3n) is 4.16. The van der Waals surface area contributed by atoms with E-state index in [2.05, 4.69) is 29.2 Å². The van der Waals surface area contributed by atoms with Crippen LogP contribution in [-0.4, -0.2) is 28.5 Å². The molecule has 1 unspecified atom stereocenters. The molecule has 1 aliphatic heterocycles. The number of halogens is 1. The molecule has 4 nitrogen and oxygen atoms in total. The van der Waals surface area contributed by atoms with Gasteiger partial charge in [0.25, 0.3) is 0 Å². The summed E-state index contributed by atoms with van der Waals surface area (Å²) in [4.78, 5) is 2.26. The molecule has 2 heterocycles. The minimum Gasteiger partial charge on any atom is -0.382 e. The first-order valence-corrected chi connectivity index (χ1v) is 7.72. The fourth-order valence-electron chi connectivity index (χ4n) is 3.03. The predicted molar refractivity (Wildman–Crippen MR) is 85.0 cm³/mol. The summed E-state index contributed by atoms with van der Waals surface area (Å²) < 4.78 is 1.75. The smallest absolute Gasteiger partial charge is 0.122 e. The normalized spacial score (nSPS) is 15.9. The highest BCUT2D eigenvalue weighted by Gasteiger charge is 2.21. The summed E-state index contributed by atoms with van der Waals surface area (Å²) in [5.41, 5.74) is 4.09. The van der Waals surface area contributed by atoms with Crippen LogP contribution in [-0.2, 0) is 13.0 Å². The maximum atomic E-state index is 10.7. The van der Waals surface area contributed by atoms with Crippen LogP contribution in [0.1, 0.15) is 36.3 Å². The summed E-state index contributed by atoms with van der Waals surface area (Å²) in [6, 6.07) is 6.17. The van der Waals surface area contributed by atoms with Crippen LogP contribution >= 0.6 is 11.6 Å². The largest absolute Gasteiger partial charge is 0.382 e. The topological polar surface area (TPSA) is 41.3 Å². The molecule has 1 aromatic carbocycles. The van der Waals surface area contributed by atoms with Gasteiger partial charge in [-0.1, -0.05) is 23.7 Å². The Morgan fingerprint density at radius 3 is 3.00 bits per heavy atom. The van der Waals surface area contributed by atoms with E-state index in [0.717, 1.165) is 24.9 Å². The standard InChI is InChI=1S/C16H20ClN3O/c1-3-20-15(13(17)10-18-20)16(21)12-6-7-14-11(9-12)5-4-8-19(14)2/h6-7,9-10,16,21H,3-5,8H2,1-2H3. The molecule has 3 rings (SSSR count). The second-order valence-electron chi connectivity index (χ2n) is 5.51. The van der Waals surface area contributed by atoms with Crippen LogP contribution < -0.4 is 4.90 Å². The Morgan fingerprint density at radius 1 is 1.43 bits per heavy atom. The SMILES string of the molecule is CCn1ncc(Cl)c1C(O)c1ccc2c(c1)CCCN2C. The van der Waals surface area contributed by atoms with Crippen LogP contribution in [0.3, 0.4) is 0 Å². The molecule has 0 saturated heterocycles. The molecule has 112 valence electrons. The molecule has 1 N–H and O–H groups in total. The predicted octanol–water partition coefficient (Wildman–Crippen LogP) is 3.02. The highest BCUT2D eigenvalue weighted by atomic mass is 35.5. The van der Waals surface area contributed by atoms with E-state index in [-0.39, 0.29) is 0 Å². The fraction of sp³-hybridized carbons (Fsp3) is 0.438.